The van der Waals surface area contributed by atoms with Crippen LogP contribution < -0.4 is 5.73 Å². The average Bonchev–Trinajstić information content (AvgIpc) is 2.82. The minimum Gasteiger partial charge on any atom is -0.398 e. The van der Waals surface area contributed by atoms with Crippen molar-refractivity contribution >= 4 is 28.3 Å². The van der Waals surface area contributed by atoms with Crippen LogP contribution in [0.2, 0.25) is 5.02 Å². The maximum Gasteiger partial charge on any atom is 0.151 e. The Kier molecular flexibility index (Phi) is 3.33. The topological polar surface area (TPSA) is 43.8 Å². The Balaban J connectivity index is 2.39. The number of para-hydroxylation sites is 1. The average molecular weight is 304 g/mol. The molecule has 0 bridgehead atoms. The van der Waals surface area contributed by atoms with Crippen LogP contribution in [0, 0.1) is 5.82 Å². The first-order chi connectivity index (χ1) is 9.99. The van der Waals surface area contributed by atoms with E-state index in [4.69, 9.17) is 17.3 Å². The Labute approximate surface area is 127 Å². The molecule has 0 atom stereocenters. The first-order valence-electron chi connectivity index (χ1n) is 6.71. The largest absolute Gasteiger partial charge is 0.398 e. The van der Waals surface area contributed by atoms with Crippen molar-refractivity contribution < 1.29 is 4.39 Å². The van der Waals surface area contributed by atoms with Gasteiger partial charge in [0.05, 0.1) is 5.52 Å². The van der Waals surface area contributed by atoms with Gasteiger partial charge in [0.15, 0.2) is 5.82 Å². The van der Waals surface area contributed by atoms with Crippen LogP contribution in [0.3, 0.4) is 0 Å². The van der Waals surface area contributed by atoms with Crippen molar-refractivity contribution in [3.8, 4) is 11.4 Å². The highest BCUT2D eigenvalue weighted by Crippen LogP contribution is 2.33. The van der Waals surface area contributed by atoms with Gasteiger partial charge in [0.1, 0.15) is 11.3 Å². The molecule has 0 saturated carbocycles. The molecule has 3 nitrogen and oxygen atoms in total. The maximum absolute atomic E-state index is 14.0. The van der Waals surface area contributed by atoms with Crippen molar-refractivity contribution in [1.82, 2.24) is 9.55 Å². The smallest absolute Gasteiger partial charge is 0.151 e. The van der Waals surface area contributed by atoms with Gasteiger partial charge >= 0.3 is 0 Å². The third-order valence-corrected chi connectivity index (χ3v) is 3.68. The summed E-state index contributed by atoms with van der Waals surface area (Å²) in [6.07, 6.45) is 0. The molecule has 0 amide bonds. The van der Waals surface area contributed by atoms with Gasteiger partial charge in [-0.3, -0.25) is 0 Å². The lowest BCUT2D eigenvalue weighted by atomic mass is 10.1. The zero-order chi connectivity index (χ0) is 15.1. The van der Waals surface area contributed by atoms with Crippen LogP contribution in [-0.2, 0) is 0 Å². The molecule has 1 aromatic heterocycles. The van der Waals surface area contributed by atoms with Gasteiger partial charge in [-0.25, -0.2) is 9.37 Å². The summed E-state index contributed by atoms with van der Waals surface area (Å²) in [5.41, 5.74) is 8.42. The molecule has 0 saturated heterocycles. The molecule has 21 heavy (non-hydrogen) atoms. The normalized spacial score (nSPS) is 11.5. The number of halogens is 2. The van der Waals surface area contributed by atoms with Crippen molar-refractivity contribution in [3.05, 3.63) is 47.2 Å². The number of hydrogen-bond acceptors (Lipinski definition) is 2. The molecule has 0 aliphatic carbocycles. The number of nitrogens with two attached hydrogens (primary N) is 1. The molecule has 0 aliphatic rings. The van der Waals surface area contributed by atoms with Gasteiger partial charge in [-0.05, 0) is 44.2 Å². The molecule has 2 aromatic carbocycles. The van der Waals surface area contributed by atoms with Gasteiger partial charge in [0.2, 0.25) is 0 Å². The number of nitrogens with zero attached hydrogens (tertiary/aromatic N) is 2. The number of fused-ring (bicyclic) bond motifs is 1. The fraction of sp³-hybridized carbons (Fsp3) is 0.188. The third-order valence-electron chi connectivity index (χ3n) is 3.44. The van der Waals surface area contributed by atoms with Crippen LogP contribution in [-0.4, -0.2) is 9.55 Å². The monoisotopic (exact) mass is 303 g/mol. The van der Waals surface area contributed by atoms with E-state index in [0.717, 1.165) is 5.52 Å². The summed E-state index contributed by atoms with van der Waals surface area (Å²) in [7, 11) is 0. The standard InChI is InChI=1S/C16H15ClFN3/c1-9(2)21-14-5-3-4-12(18)15(14)20-16(21)11-8-10(17)6-7-13(11)19/h3-9H,19H2,1-2H3. The van der Waals surface area contributed by atoms with Crippen molar-refractivity contribution in [2.24, 2.45) is 0 Å². The Hall–Kier alpha value is -2.07. The number of anilines is 1. The molecule has 0 radical (unpaired) electrons. The van der Waals surface area contributed by atoms with E-state index in [0.29, 0.717) is 27.6 Å². The second kappa shape index (κ2) is 5.04. The Morgan fingerprint density at radius 2 is 2.00 bits per heavy atom. The molecule has 2 N–H and O–H groups in total. The van der Waals surface area contributed by atoms with Crippen LogP contribution >= 0.6 is 11.6 Å². The highest BCUT2D eigenvalue weighted by atomic mass is 35.5. The summed E-state index contributed by atoms with van der Waals surface area (Å²) in [6.45, 7) is 4.05. The molecular formula is C16H15ClFN3. The molecular weight excluding hydrogens is 289 g/mol. The number of imidazole rings is 1. The van der Waals surface area contributed by atoms with E-state index in [9.17, 15) is 4.39 Å². The van der Waals surface area contributed by atoms with Gasteiger partial charge in [0, 0.05) is 22.3 Å². The Morgan fingerprint density at radius 1 is 1.24 bits per heavy atom. The van der Waals surface area contributed by atoms with Crippen molar-refractivity contribution in [2.75, 3.05) is 5.73 Å². The number of rotatable bonds is 2. The minimum atomic E-state index is -0.339. The van der Waals surface area contributed by atoms with Crippen LogP contribution in [0.15, 0.2) is 36.4 Å². The minimum absolute atomic E-state index is 0.116. The maximum atomic E-state index is 14.0. The first-order valence-corrected chi connectivity index (χ1v) is 7.08. The van der Waals surface area contributed by atoms with E-state index in [1.165, 1.54) is 6.07 Å². The molecule has 5 heteroatoms. The van der Waals surface area contributed by atoms with Gasteiger partial charge in [0.25, 0.3) is 0 Å². The Bertz CT molecular complexity index is 824. The number of aromatic nitrogens is 2. The molecule has 1 heterocycles. The van der Waals surface area contributed by atoms with Gasteiger partial charge < -0.3 is 10.3 Å². The van der Waals surface area contributed by atoms with Crippen LogP contribution in [0.25, 0.3) is 22.4 Å². The molecule has 0 aliphatic heterocycles. The lowest BCUT2D eigenvalue weighted by molar-refractivity contribution is 0.623. The summed E-state index contributed by atoms with van der Waals surface area (Å²) in [5.74, 6) is 0.291. The zero-order valence-corrected chi connectivity index (χ0v) is 12.5. The second-order valence-electron chi connectivity index (χ2n) is 5.24. The summed E-state index contributed by atoms with van der Waals surface area (Å²) in [6, 6.07) is 10.3. The lowest BCUT2D eigenvalue weighted by Crippen LogP contribution is -2.04. The Morgan fingerprint density at radius 3 is 2.71 bits per heavy atom. The predicted molar refractivity (Wildman–Crippen MR) is 84.9 cm³/mol. The molecule has 108 valence electrons. The highest BCUT2D eigenvalue weighted by Gasteiger charge is 2.18. The summed E-state index contributed by atoms with van der Waals surface area (Å²) in [5, 5.41) is 0.571. The second-order valence-corrected chi connectivity index (χ2v) is 5.67. The van der Waals surface area contributed by atoms with Crippen LogP contribution in [0.5, 0.6) is 0 Å². The van der Waals surface area contributed by atoms with Gasteiger partial charge in [-0.1, -0.05) is 17.7 Å². The number of hydrogen-bond donors (Lipinski definition) is 1. The third kappa shape index (κ3) is 2.25. The van der Waals surface area contributed by atoms with Gasteiger partial charge in [-0.15, -0.1) is 0 Å². The van der Waals surface area contributed by atoms with Gasteiger partial charge in [-0.2, -0.15) is 0 Å². The SMILES string of the molecule is CC(C)n1c(-c2cc(Cl)ccc2N)nc2c(F)cccc21. The summed E-state index contributed by atoms with van der Waals surface area (Å²) >= 11 is 6.06. The van der Waals surface area contributed by atoms with Crippen molar-refractivity contribution in [3.63, 3.8) is 0 Å². The highest BCUT2D eigenvalue weighted by molar-refractivity contribution is 6.31. The van der Waals surface area contributed by atoms with Crippen LogP contribution in [0.1, 0.15) is 19.9 Å². The quantitative estimate of drug-likeness (QED) is 0.700. The number of nitrogen functional groups attached to an aromatic ring is 1. The summed E-state index contributed by atoms with van der Waals surface area (Å²) < 4.78 is 16.0. The fourth-order valence-corrected chi connectivity index (χ4v) is 2.69. The van der Waals surface area contributed by atoms with E-state index in [-0.39, 0.29) is 11.9 Å². The van der Waals surface area contributed by atoms with Crippen molar-refractivity contribution in [1.29, 1.82) is 0 Å². The summed E-state index contributed by atoms with van der Waals surface area (Å²) in [4.78, 5) is 4.45. The zero-order valence-electron chi connectivity index (χ0n) is 11.8. The molecule has 0 fully saturated rings. The van der Waals surface area contributed by atoms with Crippen LogP contribution in [0.4, 0.5) is 10.1 Å². The van der Waals surface area contributed by atoms with E-state index < -0.39 is 0 Å². The first kappa shape index (κ1) is 13.9. The van der Waals surface area contributed by atoms with E-state index in [1.54, 1.807) is 24.3 Å². The fourth-order valence-electron chi connectivity index (χ4n) is 2.52. The molecule has 0 unspecified atom stereocenters. The van der Waals surface area contributed by atoms with E-state index in [2.05, 4.69) is 4.98 Å². The predicted octanol–water partition coefficient (Wildman–Crippen LogP) is 4.66. The molecule has 3 rings (SSSR count). The molecule has 0 spiro atoms. The van der Waals surface area contributed by atoms with E-state index in [1.807, 2.05) is 24.5 Å². The van der Waals surface area contributed by atoms with E-state index >= 15 is 0 Å². The number of benzene rings is 2. The lowest BCUT2D eigenvalue weighted by Gasteiger charge is -2.14. The van der Waals surface area contributed by atoms with Crippen molar-refractivity contribution in [2.45, 2.75) is 19.9 Å². The molecule has 3 aromatic rings.